The number of hydrogen-bond donors (Lipinski definition) is 2. The lowest BCUT2D eigenvalue weighted by atomic mass is 10.1. The number of likely N-dealkylation sites (N-methyl/N-ethyl adjacent to an activating group) is 2. The zero-order chi connectivity index (χ0) is 15.0. The summed E-state index contributed by atoms with van der Waals surface area (Å²) in [5, 5.41) is 5.24. The highest BCUT2D eigenvalue weighted by molar-refractivity contribution is 5.85. The standard InChI is InChI=1S/C15H23N3O2/c1-4-16-14(19)9-17-15(20)11-18(3)10-13-8-6-5-7-12(13)2/h5-8H,4,9-11H2,1-3H3,(H,16,19)(H,17,20). The van der Waals surface area contributed by atoms with E-state index in [2.05, 4.69) is 29.7 Å². The zero-order valence-electron chi connectivity index (χ0n) is 12.4. The first-order valence-corrected chi connectivity index (χ1v) is 6.79. The second-order valence-electron chi connectivity index (χ2n) is 4.83. The van der Waals surface area contributed by atoms with E-state index in [9.17, 15) is 9.59 Å². The maximum atomic E-state index is 11.7. The largest absolute Gasteiger partial charge is 0.355 e. The Morgan fingerprint density at radius 2 is 1.85 bits per heavy atom. The first kappa shape index (κ1) is 16.2. The maximum absolute atomic E-state index is 11.7. The van der Waals surface area contributed by atoms with Gasteiger partial charge in [0.2, 0.25) is 11.8 Å². The molecule has 0 bridgehead atoms. The molecule has 1 aromatic carbocycles. The summed E-state index contributed by atoms with van der Waals surface area (Å²) in [5.74, 6) is -0.310. The Hall–Kier alpha value is -1.88. The number of carbonyl (C=O) groups excluding carboxylic acids is 2. The molecule has 0 aliphatic rings. The Morgan fingerprint density at radius 1 is 1.15 bits per heavy atom. The van der Waals surface area contributed by atoms with Crippen molar-refractivity contribution in [1.82, 2.24) is 15.5 Å². The van der Waals surface area contributed by atoms with Crippen molar-refractivity contribution < 1.29 is 9.59 Å². The SMILES string of the molecule is CCNC(=O)CNC(=O)CN(C)Cc1ccccc1C. The van der Waals surface area contributed by atoms with Crippen molar-refractivity contribution in [2.45, 2.75) is 20.4 Å². The molecule has 0 spiro atoms. The fourth-order valence-electron chi connectivity index (χ4n) is 1.87. The number of rotatable bonds is 7. The lowest BCUT2D eigenvalue weighted by molar-refractivity contribution is -0.126. The molecule has 0 atom stereocenters. The van der Waals surface area contributed by atoms with Gasteiger partial charge in [-0.3, -0.25) is 14.5 Å². The van der Waals surface area contributed by atoms with Crippen LogP contribution < -0.4 is 10.6 Å². The van der Waals surface area contributed by atoms with Gasteiger partial charge in [-0.05, 0) is 32.0 Å². The molecule has 20 heavy (non-hydrogen) atoms. The number of nitrogens with zero attached hydrogens (tertiary/aromatic N) is 1. The van der Waals surface area contributed by atoms with E-state index in [1.165, 1.54) is 11.1 Å². The highest BCUT2D eigenvalue weighted by Gasteiger charge is 2.09. The van der Waals surface area contributed by atoms with Crippen LogP contribution in [0.25, 0.3) is 0 Å². The molecule has 0 heterocycles. The third kappa shape index (κ3) is 5.84. The van der Waals surface area contributed by atoms with Gasteiger partial charge in [-0.25, -0.2) is 0 Å². The minimum atomic E-state index is -0.164. The molecule has 0 saturated carbocycles. The highest BCUT2D eigenvalue weighted by Crippen LogP contribution is 2.08. The van der Waals surface area contributed by atoms with Gasteiger partial charge in [-0.2, -0.15) is 0 Å². The number of aryl methyl sites for hydroxylation is 1. The van der Waals surface area contributed by atoms with E-state index in [0.29, 0.717) is 13.1 Å². The van der Waals surface area contributed by atoms with E-state index in [0.717, 1.165) is 0 Å². The van der Waals surface area contributed by atoms with Gasteiger partial charge in [0.1, 0.15) is 0 Å². The smallest absolute Gasteiger partial charge is 0.239 e. The predicted octanol–water partition coefficient (Wildman–Crippen LogP) is 0.679. The van der Waals surface area contributed by atoms with Crippen LogP contribution in [0.4, 0.5) is 0 Å². The molecule has 0 radical (unpaired) electrons. The first-order valence-electron chi connectivity index (χ1n) is 6.79. The minimum absolute atomic E-state index is 0.0326. The topological polar surface area (TPSA) is 61.4 Å². The van der Waals surface area contributed by atoms with Crippen LogP contribution in [-0.2, 0) is 16.1 Å². The van der Waals surface area contributed by atoms with Crippen LogP contribution in [0.5, 0.6) is 0 Å². The second-order valence-corrected chi connectivity index (χ2v) is 4.83. The summed E-state index contributed by atoms with van der Waals surface area (Å²) in [6.07, 6.45) is 0. The van der Waals surface area contributed by atoms with E-state index < -0.39 is 0 Å². The van der Waals surface area contributed by atoms with Crippen LogP contribution in [0.2, 0.25) is 0 Å². The minimum Gasteiger partial charge on any atom is -0.355 e. The van der Waals surface area contributed by atoms with Crippen LogP contribution in [0, 0.1) is 6.92 Å². The summed E-state index contributed by atoms with van der Waals surface area (Å²) in [7, 11) is 1.89. The molecule has 0 aliphatic heterocycles. The first-order chi connectivity index (χ1) is 9.52. The van der Waals surface area contributed by atoms with E-state index >= 15 is 0 Å². The summed E-state index contributed by atoms with van der Waals surface area (Å²) in [6, 6.07) is 8.10. The van der Waals surface area contributed by atoms with Gasteiger partial charge in [0, 0.05) is 13.1 Å². The van der Waals surface area contributed by atoms with Crippen molar-refractivity contribution in [2.75, 3.05) is 26.7 Å². The molecule has 2 amide bonds. The van der Waals surface area contributed by atoms with Crippen molar-refractivity contribution in [3.63, 3.8) is 0 Å². The van der Waals surface area contributed by atoms with Crippen molar-refractivity contribution in [3.8, 4) is 0 Å². The van der Waals surface area contributed by atoms with Crippen molar-refractivity contribution in [2.24, 2.45) is 0 Å². The molecule has 5 heteroatoms. The van der Waals surface area contributed by atoms with Crippen LogP contribution in [0.15, 0.2) is 24.3 Å². The molecular formula is C15H23N3O2. The summed E-state index contributed by atoms with van der Waals surface area (Å²) in [6.45, 7) is 5.48. The average Bonchev–Trinajstić information content (AvgIpc) is 2.39. The molecule has 110 valence electrons. The van der Waals surface area contributed by atoms with E-state index in [1.54, 1.807) is 0 Å². The van der Waals surface area contributed by atoms with Gasteiger partial charge in [0.05, 0.1) is 13.1 Å². The lowest BCUT2D eigenvalue weighted by Gasteiger charge is -2.17. The van der Waals surface area contributed by atoms with Gasteiger partial charge in [-0.1, -0.05) is 24.3 Å². The highest BCUT2D eigenvalue weighted by atomic mass is 16.2. The number of carbonyl (C=O) groups is 2. The van der Waals surface area contributed by atoms with E-state index in [-0.39, 0.29) is 24.9 Å². The molecular weight excluding hydrogens is 254 g/mol. The fraction of sp³-hybridized carbons (Fsp3) is 0.467. The Balaban J connectivity index is 2.35. The fourth-order valence-corrected chi connectivity index (χ4v) is 1.87. The van der Waals surface area contributed by atoms with Crippen molar-refractivity contribution >= 4 is 11.8 Å². The molecule has 0 aromatic heterocycles. The van der Waals surface area contributed by atoms with Gasteiger partial charge in [-0.15, -0.1) is 0 Å². The summed E-state index contributed by atoms with van der Waals surface area (Å²) in [4.78, 5) is 24.9. The third-order valence-corrected chi connectivity index (χ3v) is 2.94. The number of benzene rings is 1. The molecule has 0 aliphatic carbocycles. The number of nitrogens with one attached hydrogen (secondary N) is 2. The quantitative estimate of drug-likeness (QED) is 0.770. The van der Waals surface area contributed by atoms with Gasteiger partial charge in [0.15, 0.2) is 0 Å². The van der Waals surface area contributed by atoms with Crippen molar-refractivity contribution in [1.29, 1.82) is 0 Å². The summed E-state index contributed by atoms with van der Waals surface area (Å²) in [5.41, 5.74) is 2.41. The van der Waals surface area contributed by atoms with Crippen LogP contribution in [0.1, 0.15) is 18.1 Å². The van der Waals surface area contributed by atoms with Crippen molar-refractivity contribution in [3.05, 3.63) is 35.4 Å². The van der Waals surface area contributed by atoms with Gasteiger partial charge < -0.3 is 10.6 Å². The zero-order valence-corrected chi connectivity index (χ0v) is 12.4. The predicted molar refractivity (Wildman–Crippen MR) is 79.2 cm³/mol. The Morgan fingerprint density at radius 3 is 2.50 bits per heavy atom. The van der Waals surface area contributed by atoms with Crippen LogP contribution in [-0.4, -0.2) is 43.4 Å². The van der Waals surface area contributed by atoms with E-state index in [4.69, 9.17) is 0 Å². The molecule has 1 aromatic rings. The normalized spacial score (nSPS) is 10.4. The molecule has 5 nitrogen and oxygen atoms in total. The second kappa shape index (κ2) is 8.32. The van der Waals surface area contributed by atoms with E-state index in [1.807, 2.05) is 31.0 Å². The summed E-state index contributed by atoms with van der Waals surface area (Å²) < 4.78 is 0. The molecule has 2 N–H and O–H groups in total. The average molecular weight is 277 g/mol. The number of hydrogen-bond acceptors (Lipinski definition) is 3. The molecule has 0 fully saturated rings. The third-order valence-electron chi connectivity index (χ3n) is 2.94. The Labute approximate surface area is 120 Å². The lowest BCUT2D eigenvalue weighted by Crippen LogP contribution is -2.41. The van der Waals surface area contributed by atoms with Gasteiger partial charge in [0.25, 0.3) is 0 Å². The molecule has 1 rings (SSSR count). The Kier molecular flexibility index (Phi) is 6.73. The monoisotopic (exact) mass is 277 g/mol. The molecule has 0 unspecified atom stereocenters. The van der Waals surface area contributed by atoms with Crippen LogP contribution in [0.3, 0.4) is 0 Å². The van der Waals surface area contributed by atoms with Crippen LogP contribution >= 0.6 is 0 Å². The summed E-state index contributed by atoms with van der Waals surface area (Å²) >= 11 is 0. The Bertz CT molecular complexity index is 460. The number of amides is 2. The maximum Gasteiger partial charge on any atom is 0.239 e. The van der Waals surface area contributed by atoms with Gasteiger partial charge >= 0.3 is 0 Å². The molecule has 0 saturated heterocycles.